The maximum absolute atomic E-state index is 12.5. The van der Waals surface area contributed by atoms with Crippen LogP contribution in [0.25, 0.3) is 0 Å². The van der Waals surface area contributed by atoms with Crippen LogP contribution in [0, 0.1) is 5.92 Å². The van der Waals surface area contributed by atoms with Crippen LogP contribution in [-0.4, -0.2) is 41.2 Å². The van der Waals surface area contributed by atoms with Crippen molar-refractivity contribution in [3.8, 4) is 0 Å². The molecule has 0 bridgehead atoms. The number of hydrogen-bond acceptors (Lipinski definition) is 2. The quantitative estimate of drug-likeness (QED) is 0.857. The monoisotopic (exact) mass is 314 g/mol. The molecule has 1 heterocycles. The molecule has 4 nitrogen and oxygen atoms in total. The van der Waals surface area contributed by atoms with Gasteiger partial charge in [0.2, 0.25) is 11.8 Å². The third-order valence-electron chi connectivity index (χ3n) is 5.10. The number of benzene rings is 1. The molecular weight excluding hydrogens is 288 g/mol. The maximum Gasteiger partial charge on any atom is 0.224 e. The van der Waals surface area contributed by atoms with Gasteiger partial charge >= 0.3 is 0 Å². The smallest absolute Gasteiger partial charge is 0.224 e. The first kappa shape index (κ1) is 16.0. The van der Waals surface area contributed by atoms with Crippen LogP contribution in [-0.2, 0) is 16.1 Å². The fourth-order valence-corrected chi connectivity index (χ4v) is 3.68. The molecule has 1 aliphatic heterocycles. The Morgan fingerprint density at radius 3 is 2.52 bits per heavy atom. The van der Waals surface area contributed by atoms with Crippen LogP contribution in [0.15, 0.2) is 30.3 Å². The van der Waals surface area contributed by atoms with Crippen LogP contribution in [0.5, 0.6) is 0 Å². The highest BCUT2D eigenvalue weighted by Gasteiger charge is 2.26. The summed E-state index contributed by atoms with van der Waals surface area (Å²) in [6.07, 6.45) is 6.04. The Balaban J connectivity index is 1.54. The average molecular weight is 314 g/mol. The van der Waals surface area contributed by atoms with Crippen LogP contribution < -0.4 is 0 Å². The maximum atomic E-state index is 12.5. The Morgan fingerprint density at radius 1 is 1.04 bits per heavy atom. The van der Waals surface area contributed by atoms with Crippen molar-refractivity contribution in [1.29, 1.82) is 0 Å². The van der Waals surface area contributed by atoms with E-state index in [4.69, 9.17) is 0 Å². The fraction of sp³-hybridized carbons (Fsp3) is 0.579. The van der Waals surface area contributed by atoms with Crippen molar-refractivity contribution in [3.05, 3.63) is 35.9 Å². The fourth-order valence-electron chi connectivity index (χ4n) is 3.68. The van der Waals surface area contributed by atoms with Gasteiger partial charge in [-0.3, -0.25) is 9.59 Å². The molecule has 2 amide bonds. The SMILES string of the molecule is O=C(CC1CCCC1)N1CCC(=O)N(Cc2ccccc2)CC1. The van der Waals surface area contributed by atoms with Crippen molar-refractivity contribution in [2.24, 2.45) is 5.92 Å². The van der Waals surface area contributed by atoms with E-state index in [0.29, 0.717) is 44.9 Å². The molecule has 0 spiro atoms. The highest BCUT2D eigenvalue weighted by atomic mass is 16.2. The Hall–Kier alpha value is -1.84. The zero-order valence-electron chi connectivity index (χ0n) is 13.7. The predicted octanol–water partition coefficient (Wildman–Crippen LogP) is 2.83. The normalized spacial score (nSPS) is 19.9. The van der Waals surface area contributed by atoms with E-state index in [1.807, 2.05) is 40.1 Å². The van der Waals surface area contributed by atoms with Crippen molar-refractivity contribution in [2.45, 2.75) is 45.1 Å². The van der Waals surface area contributed by atoms with E-state index in [2.05, 4.69) is 0 Å². The van der Waals surface area contributed by atoms with Gasteiger partial charge in [0, 0.05) is 39.0 Å². The van der Waals surface area contributed by atoms with Gasteiger partial charge in [0.25, 0.3) is 0 Å². The molecule has 0 N–H and O–H groups in total. The minimum Gasteiger partial charge on any atom is -0.340 e. The first-order chi connectivity index (χ1) is 11.2. The lowest BCUT2D eigenvalue weighted by molar-refractivity contribution is -0.132. The molecule has 2 fully saturated rings. The molecule has 0 atom stereocenters. The first-order valence-corrected chi connectivity index (χ1v) is 8.82. The van der Waals surface area contributed by atoms with E-state index >= 15 is 0 Å². The number of amides is 2. The number of rotatable bonds is 4. The molecule has 4 heteroatoms. The van der Waals surface area contributed by atoms with E-state index in [1.54, 1.807) is 0 Å². The Kier molecular flexibility index (Phi) is 5.31. The Bertz CT molecular complexity index is 538. The second kappa shape index (κ2) is 7.62. The van der Waals surface area contributed by atoms with E-state index in [9.17, 15) is 9.59 Å². The van der Waals surface area contributed by atoms with E-state index in [-0.39, 0.29) is 11.8 Å². The molecular formula is C19H26N2O2. The molecule has 1 saturated carbocycles. The highest BCUT2D eigenvalue weighted by molar-refractivity contribution is 5.80. The van der Waals surface area contributed by atoms with Crippen molar-refractivity contribution < 1.29 is 9.59 Å². The van der Waals surface area contributed by atoms with E-state index in [0.717, 1.165) is 5.56 Å². The lowest BCUT2D eigenvalue weighted by atomic mass is 10.0. The van der Waals surface area contributed by atoms with Gasteiger partial charge in [-0.15, -0.1) is 0 Å². The second-order valence-electron chi connectivity index (χ2n) is 6.79. The van der Waals surface area contributed by atoms with Gasteiger partial charge in [-0.05, 0) is 24.3 Å². The summed E-state index contributed by atoms with van der Waals surface area (Å²) >= 11 is 0. The molecule has 1 saturated heterocycles. The van der Waals surface area contributed by atoms with Gasteiger partial charge < -0.3 is 9.80 Å². The van der Waals surface area contributed by atoms with E-state index < -0.39 is 0 Å². The minimum atomic E-state index is 0.157. The lowest BCUT2D eigenvalue weighted by Crippen LogP contribution is -2.36. The molecule has 0 aromatic heterocycles. The topological polar surface area (TPSA) is 40.6 Å². The zero-order valence-corrected chi connectivity index (χ0v) is 13.7. The van der Waals surface area contributed by atoms with Gasteiger partial charge in [0.1, 0.15) is 0 Å². The third kappa shape index (κ3) is 4.34. The van der Waals surface area contributed by atoms with Gasteiger partial charge in [0.05, 0.1) is 0 Å². The zero-order chi connectivity index (χ0) is 16.1. The van der Waals surface area contributed by atoms with Crippen LogP contribution in [0.2, 0.25) is 0 Å². The second-order valence-corrected chi connectivity index (χ2v) is 6.79. The van der Waals surface area contributed by atoms with Gasteiger partial charge in [-0.25, -0.2) is 0 Å². The average Bonchev–Trinajstić information content (AvgIpc) is 3.00. The largest absolute Gasteiger partial charge is 0.340 e. The molecule has 0 unspecified atom stereocenters. The molecule has 23 heavy (non-hydrogen) atoms. The number of nitrogens with zero attached hydrogens (tertiary/aromatic N) is 2. The summed E-state index contributed by atoms with van der Waals surface area (Å²) in [7, 11) is 0. The number of carbonyl (C=O) groups is 2. The molecule has 0 radical (unpaired) electrons. The summed E-state index contributed by atoms with van der Waals surface area (Å²) in [5.74, 6) is 0.971. The Labute approximate surface area is 138 Å². The predicted molar refractivity (Wildman–Crippen MR) is 89.6 cm³/mol. The molecule has 1 aromatic carbocycles. The Morgan fingerprint density at radius 2 is 1.78 bits per heavy atom. The van der Waals surface area contributed by atoms with Crippen LogP contribution in [0.4, 0.5) is 0 Å². The minimum absolute atomic E-state index is 0.157. The van der Waals surface area contributed by atoms with Crippen molar-refractivity contribution in [3.63, 3.8) is 0 Å². The lowest BCUT2D eigenvalue weighted by Gasteiger charge is -2.23. The van der Waals surface area contributed by atoms with Crippen molar-refractivity contribution in [1.82, 2.24) is 9.80 Å². The summed E-state index contributed by atoms with van der Waals surface area (Å²) in [4.78, 5) is 28.6. The van der Waals surface area contributed by atoms with E-state index in [1.165, 1.54) is 25.7 Å². The molecule has 1 aliphatic carbocycles. The van der Waals surface area contributed by atoms with Crippen molar-refractivity contribution >= 4 is 11.8 Å². The summed E-state index contributed by atoms with van der Waals surface area (Å²) in [5.41, 5.74) is 1.14. The first-order valence-electron chi connectivity index (χ1n) is 8.82. The third-order valence-corrected chi connectivity index (χ3v) is 5.10. The van der Waals surface area contributed by atoms with Gasteiger partial charge in [0.15, 0.2) is 0 Å². The molecule has 3 rings (SSSR count). The highest BCUT2D eigenvalue weighted by Crippen LogP contribution is 2.28. The summed E-state index contributed by atoms with van der Waals surface area (Å²) < 4.78 is 0. The van der Waals surface area contributed by atoms with Crippen molar-refractivity contribution in [2.75, 3.05) is 19.6 Å². The molecule has 2 aliphatic rings. The van der Waals surface area contributed by atoms with Gasteiger partial charge in [-0.1, -0.05) is 43.2 Å². The van der Waals surface area contributed by atoms with Crippen LogP contribution in [0.3, 0.4) is 0 Å². The molecule has 124 valence electrons. The number of carbonyl (C=O) groups excluding carboxylic acids is 2. The standard InChI is InChI=1S/C19H26N2O2/c22-18-10-11-20(19(23)14-16-6-4-5-7-16)12-13-21(18)15-17-8-2-1-3-9-17/h1-3,8-9,16H,4-7,10-15H2. The van der Waals surface area contributed by atoms with Gasteiger partial charge in [-0.2, -0.15) is 0 Å². The summed E-state index contributed by atoms with van der Waals surface area (Å²) in [5, 5.41) is 0. The molecule has 1 aromatic rings. The summed E-state index contributed by atoms with van der Waals surface area (Å²) in [6.45, 7) is 2.54. The van der Waals surface area contributed by atoms with Crippen LogP contribution in [0.1, 0.15) is 44.1 Å². The number of hydrogen-bond donors (Lipinski definition) is 0. The van der Waals surface area contributed by atoms with Crippen LogP contribution >= 0.6 is 0 Å². The summed E-state index contributed by atoms with van der Waals surface area (Å²) in [6, 6.07) is 10.1.